The van der Waals surface area contributed by atoms with Crippen molar-refractivity contribution in [2.24, 2.45) is 7.05 Å². The molecule has 2 N–H and O–H groups in total. The van der Waals surface area contributed by atoms with Gasteiger partial charge in [0.05, 0.1) is 11.7 Å². The zero-order valence-electron chi connectivity index (χ0n) is 20.3. The summed E-state index contributed by atoms with van der Waals surface area (Å²) in [5.41, 5.74) is 2.72. The van der Waals surface area contributed by atoms with Crippen LogP contribution >= 0.6 is 0 Å². The summed E-state index contributed by atoms with van der Waals surface area (Å²) < 4.78 is 67.8. The quantitative estimate of drug-likeness (QED) is 0.557. The predicted molar refractivity (Wildman–Crippen MR) is 116 cm³/mol. The fourth-order valence-electron chi connectivity index (χ4n) is 4.25. The highest BCUT2D eigenvalue weighted by Crippen LogP contribution is 2.40. The number of aryl methyl sites for hydroxylation is 2. The largest absolute Gasteiger partial charge is 0.490 e. The van der Waals surface area contributed by atoms with Gasteiger partial charge >= 0.3 is 24.3 Å². The first-order valence-electron chi connectivity index (χ1n) is 11.0. The molecule has 0 aliphatic carbocycles. The molecule has 208 valence electrons. The summed E-state index contributed by atoms with van der Waals surface area (Å²) in [6.45, 7) is 7.59. The second kappa shape index (κ2) is 11.5. The van der Waals surface area contributed by atoms with Gasteiger partial charge in [0.2, 0.25) is 0 Å². The Bertz CT molecular complexity index is 1050. The third-order valence-electron chi connectivity index (χ3n) is 6.19. The van der Waals surface area contributed by atoms with Crippen LogP contribution in [0, 0.1) is 6.92 Å². The van der Waals surface area contributed by atoms with Crippen molar-refractivity contribution in [3.05, 3.63) is 35.7 Å². The van der Waals surface area contributed by atoms with Crippen LogP contribution in [-0.4, -0.2) is 90.3 Å². The van der Waals surface area contributed by atoms with Crippen LogP contribution in [0.25, 0.3) is 0 Å². The lowest BCUT2D eigenvalue weighted by Crippen LogP contribution is -2.56. The molecule has 1 spiro atoms. The molecule has 37 heavy (non-hydrogen) atoms. The second-order valence-electron chi connectivity index (χ2n) is 8.73. The minimum Gasteiger partial charge on any atom is -0.475 e. The van der Waals surface area contributed by atoms with Crippen LogP contribution in [0.15, 0.2) is 18.6 Å². The van der Waals surface area contributed by atoms with Crippen molar-refractivity contribution in [1.29, 1.82) is 0 Å². The average Bonchev–Trinajstić information content (AvgIpc) is 3.37. The highest BCUT2D eigenvalue weighted by atomic mass is 19.4. The zero-order valence-corrected chi connectivity index (χ0v) is 20.3. The minimum atomic E-state index is -5.08. The zero-order chi connectivity index (χ0) is 28.2. The van der Waals surface area contributed by atoms with Crippen LogP contribution in [0.5, 0.6) is 0 Å². The first-order valence-corrected chi connectivity index (χ1v) is 11.0. The molecule has 10 nitrogen and oxygen atoms in total. The first-order chi connectivity index (χ1) is 17.0. The highest BCUT2D eigenvalue weighted by Gasteiger charge is 2.45. The van der Waals surface area contributed by atoms with Gasteiger partial charge in [-0.15, -0.1) is 0 Å². The third-order valence-corrected chi connectivity index (χ3v) is 6.19. The van der Waals surface area contributed by atoms with E-state index in [1.165, 1.54) is 17.1 Å². The van der Waals surface area contributed by atoms with E-state index < -0.39 is 24.3 Å². The summed E-state index contributed by atoms with van der Waals surface area (Å²) >= 11 is 0. The van der Waals surface area contributed by atoms with Crippen molar-refractivity contribution in [3.8, 4) is 0 Å². The first kappa shape index (κ1) is 30.1. The number of piperidine rings is 1. The van der Waals surface area contributed by atoms with Gasteiger partial charge in [-0.05, 0) is 26.8 Å². The highest BCUT2D eigenvalue weighted by molar-refractivity contribution is 5.73. The van der Waals surface area contributed by atoms with Crippen molar-refractivity contribution in [2.45, 2.75) is 50.7 Å². The van der Waals surface area contributed by atoms with Crippen LogP contribution in [-0.2, 0) is 35.3 Å². The number of aliphatic carboxylic acids is 2. The predicted octanol–water partition coefficient (Wildman–Crippen LogP) is 2.63. The van der Waals surface area contributed by atoms with Gasteiger partial charge < -0.3 is 14.8 Å². The molecule has 2 aromatic heterocycles. The monoisotopic (exact) mass is 542 g/mol. The van der Waals surface area contributed by atoms with Crippen molar-refractivity contribution in [3.63, 3.8) is 0 Å². The van der Waals surface area contributed by atoms with Gasteiger partial charge in [0.1, 0.15) is 5.82 Å². The number of likely N-dealkylation sites (tertiary alicyclic amines) is 1. The number of imidazole rings is 1. The van der Waals surface area contributed by atoms with E-state index in [1.807, 2.05) is 24.1 Å². The number of hydrogen-bond acceptors (Lipinski definition) is 6. The summed E-state index contributed by atoms with van der Waals surface area (Å²) in [4.78, 5) is 27.7. The Morgan fingerprint density at radius 1 is 0.946 bits per heavy atom. The molecule has 4 heterocycles. The van der Waals surface area contributed by atoms with Crippen LogP contribution in [0.2, 0.25) is 0 Å². The normalized spacial score (nSPS) is 17.8. The molecule has 1 saturated heterocycles. The molecule has 0 atom stereocenters. The van der Waals surface area contributed by atoms with E-state index in [0.29, 0.717) is 0 Å². The van der Waals surface area contributed by atoms with E-state index in [-0.39, 0.29) is 5.54 Å². The summed E-state index contributed by atoms with van der Waals surface area (Å²) in [5.74, 6) is -4.23. The smallest absolute Gasteiger partial charge is 0.475 e. The molecule has 0 saturated carbocycles. The Hall–Kier alpha value is -3.14. The molecular weight excluding hydrogens is 514 g/mol. The van der Waals surface area contributed by atoms with Gasteiger partial charge in [-0.25, -0.2) is 14.6 Å². The Kier molecular flexibility index (Phi) is 9.35. The van der Waals surface area contributed by atoms with Crippen LogP contribution < -0.4 is 0 Å². The van der Waals surface area contributed by atoms with Crippen molar-refractivity contribution in [1.82, 2.24) is 29.1 Å². The van der Waals surface area contributed by atoms with Gasteiger partial charge in [0.15, 0.2) is 0 Å². The Labute approximate surface area is 208 Å². The fourth-order valence-corrected chi connectivity index (χ4v) is 4.25. The number of carbonyl (C=O) groups is 2. The summed E-state index contributed by atoms with van der Waals surface area (Å²) in [5, 5.41) is 18.5. The summed E-state index contributed by atoms with van der Waals surface area (Å²) in [7, 11) is 4.25. The fraction of sp³-hybridized carbons (Fsp3) is 0.619. The van der Waals surface area contributed by atoms with E-state index in [4.69, 9.17) is 24.8 Å². The number of carboxylic acids is 2. The van der Waals surface area contributed by atoms with Gasteiger partial charge in [0, 0.05) is 63.4 Å². The lowest BCUT2D eigenvalue weighted by molar-refractivity contribution is -0.193. The molecule has 16 heteroatoms. The van der Waals surface area contributed by atoms with Crippen molar-refractivity contribution >= 4 is 11.9 Å². The molecule has 0 unspecified atom stereocenters. The minimum absolute atomic E-state index is 0.123. The molecule has 4 rings (SSSR count). The Morgan fingerprint density at radius 3 is 1.89 bits per heavy atom. The number of alkyl halides is 6. The van der Waals surface area contributed by atoms with Gasteiger partial charge in [-0.1, -0.05) is 0 Å². The lowest BCUT2D eigenvalue weighted by atomic mass is 9.83. The van der Waals surface area contributed by atoms with E-state index >= 15 is 0 Å². The molecular formula is C21H28F6N6O4. The number of likely N-dealkylation sites (N-methyl/N-ethyl adjacent to an activating group) is 1. The molecule has 0 radical (unpaired) electrons. The molecule has 0 aromatic carbocycles. The summed E-state index contributed by atoms with van der Waals surface area (Å²) in [6, 6.07) is 0. The molecule has 2 aliphatic heterocycles. The summed E-state index contributed by atoms with van der Waals surface area (Å²) in [6.07, 6.45) is -1.72. The van der Waals surface area contributed by atoms with Crippen LogP contribution in [0.4, 0.5) is 26.3 Å². The second-order valence-corrected chi connectivity index (χ2v) is 8.73. The number of aromatic nitrogens is 4. The van der Waals surface area contributed by atoms with Crippen LogP contribution in [0.1, 0.15) is 29.9 Å². The maximum absolute atomic E-state index is 10.6. The number of nitrogens with zero attached hydrogens (tertiary/aromatic N) is 6. The molecule has 2 aromatic rings. The van der Waals surface area contributed by atoms with Crippen LogP contribution in [0.3, 0.4) is 0 Å². The van der Waals surface area contributed by atoms with E-state index in [9.17, 15) is 26.3 Å². The lowest BCUT2D eigenvalue weighted by Gasteiger charge is -2.49. The van der Waals surface area contributed by atoms with E-state index in [2.05, 4.69) is 39.6 Å². The SMILES string of the molecule is Cc1cnc2n1CCN(C)C21CCN(Cc2cnn(C)c2)CC1.O=C(O)C(F)(F)F.O=C(O)C(F)(F)F. The molecule has 0 amide bonds. The number of carboxylic acid groups (broad SMARTS) is 2. The topological polar surface area (TPSA) is 117 Å². The third kappa shape index (κ3) is 7.67. The number of fused-ring (bicyclic) bond motifs is 2. The van der Waals surface area contributed by atoms with E-state index in [1.54, 1.807) is 0 Å². The Balaban J connectivity index is 0.000000286. The Morgan fingerprint density at radius 2 is 1.46 bits per heavy atom. The van der Waals surface area contributed by atoms with Gasteiger partial charge in [-0.2, -0.15) is 31.4 Å². The van der Waals surface area contributed by atoms with Crippen molar-refractivity contribution in [2.75, 3.05) is 26.7 Å². The van der Waals surface area contributed by atoms with Gasteiger partial charge in [0.25, 0.3) is 0 Å². The standard InChI is InChI=1S/C17H26N6.2C2HF3O2/c1-14-10-18-16-17(20(2)8-9-23(14)16)4-6-22(7-5-17)13-15-11-19-21(3)12-15;2*3-2(4,5)1(6)7/h10-12H,4-9,13H2,1-3H3;2*(H,6,7). The number of halogens is 6. The average molecular weight is 542 g/mol. The number of rotatable bonds is 2. The van der Waals surface area contributed by atoms with Crippen molar-refractivity contribution < 1.29 is 46.1 Å². The van der Waals surface area contributed by atoms with E-state index in [0.717, 1.165) is 45.6 Å². The molecule has 1 fully saturated rings. The number of hydrogen-bond donors (Lipinski definition) is 2. The maximum atomic E-state index is 10.6. The maximum Gasteiger partial charge on any atom is 0.490 e. The van der Waals surface area contributed by atoms with Gasteiger partial charge in [-0.3, -0.25) is 14.5 Å². The molecule has 0 bridgehead atoms. The molecule has 2 aliphatic rings.